The Balaban J connectivity index is 1.93. The van der Waals surface area contributed by atoms with E-state index in [0.29, 0.717) is 37.5 Å². The van der Waals surface area contributed by atoms with Gasteiger partial charge in [-0.1, -0.05) is 103 Å². The van der Waals surface area contributed by atoms with Crippen LogP contribution in [0.15, 0.2) is 0 Å². The molecule has 0 aromatic carbocycles. The Hall–Kier alpha value is -1.75. The molecular weight excluding hydrogens is 602 g/mol. The molecule has 10 heteroatoms. The molecule has 0 amide bonds. The molecule has 0 unspecified atom stereocenters. The second-order valence-corrected chi connectivity index (χ2v) is 15.4. The Kier molecular flexibility index (Phi) is 21.6. The van der Waals surface area contributed by atoms with Crippen molar-refractivity contribution in [2.45, 2.75) is 174 Å². The van der Waals surface area contributed by atoms with E-state index >= 15 is 0 Å². The van der Waals surface area contributed by atoms with Crippen LogP contribution in [-0.2, 0) is 4.74 Å². The first-order chi connectivity index (χ1) is 23.1. The average Bonchev–Trinajstić information content (AvgIpc) is 3.03. The fourth-order valence-electron chi connectivity index (χ4n) is 7.44. The fourth-order valence-corrected chi connectivity index (χ4v) is 7.44. The Morgan fingerprint density at radius 3 is 1.65 bits per heavy atom. The number of hydrogen-bond acceptors (Lipinski definition) is 10. The summed E-state index contributed by atoms with van der Waals surface area (Å²) in [6.07, 6.45) is 24.4. The van der Waals surface area contributed by atoms with Gasteiger partial charge >= 0.3 is 0 Å². The van der Waals surface area contributed by atoms with Crippen LogP contribution in [-0.4, -0.2) is 95.4 Å². The smallest absolute Gasteiger partial charge is 0.232 e. The van der Waals surface area contributed by atoms with Crippen molar-refractivity contribution in [1.29, 1.82) is 0 Å². The fraction of sp³-hybridized carbons (Fsp3) is 0.921. The van der Waals surface area contributed by atoms with Crippen LogP contribution >= 0.6 is 0 Å². The van der Waals surface area contributed by atoms with Crippen LogP contribution in [0, 0.1) is 0 Å². The number of methoxy groups -OCH3 is 1. The SMILES string of the molecule is CCCCCCCCCCCCCCCCCCNc1nc(N(CCO)CCO)nc(N(CCCOC)C2CC(C)(C)NC(C)(C)C2)n1. The van der Waals surface area contributed by atoms with Crippen molar-refractivity contribution < 1.29 is 14.9 Å². The van der Waals surface area contributed by atoms with Gasteiger partial charge in [-0.15, -0.1) is 0 Å². The van der Waals surface area contributed by atoms with E-state index in [-0.39, 0.29) is 30.3 Å². The van der Waals surface area contributed by atoms with Gasteiger partial charge in [-0.25, -0.2) is 0 Å². The van der Waals surface area contributed by atoms with Gasteiger partial charge in [0.15, 0.2) is 0 Å². The van der Waals surface area contributed by atoms with Crippen LogP contribution in [0.4, 0.5) is 17.8 Å². The van der Waals surface area contributed by atoms with Crippen LogP contribution in [0.2, 0.25) is 0 Å². The number of aromatic nitrogens is 3. The molecule has 280 valence electrons. The summed E-state index contributed by atoms with van der Waals surface area (Å²) in [4.78, 5) is 18.9. The molecule has 0 aliphatic carbocycles. The number of aliphatic hydroxyl groups is 2. The highest BCUT2D eigenvalue weighted by Crippen LogP contribution is 2.34. The Morgan fingerprint density at radius 2 is 1.17 bits per heavy atom. The van der Waals surface area contributed by atoms with Crippen molar-refractivity contribution in [3.8, 4) is 0 Å². The summed E-state index contributed by atoms with van der Waals surface area (Å²) in [5, 5.41) is 26.8. The van der Waals surface area contributed by atoms with Crippen molar-refractivity contribution in [3.63, 3.8) is 0 Å². The molecule has 0 saturated carbocycles. The third kappa shape index (κ3) is 17.8. The zero-order valence-electron chi connectivity index (χ0n) is 32.0. The Bertz CT molecular complexity index is 927. The van der Waals surface area contributed by atoms with Crippen molar-refractivity contribution in [3.05, 3.63) is 0 Å². The van der Waals surface area contributed by atoms with E-state index in [1.165, 1.54) is 96.3 Å². The average molecular weight is 678 g/mol. The molecule has 48 heavy (non-hydrogen) atoms. The lowest BCUT2D eigenvalue weighted by Crippen LogP contribution is -2.62. The van der Waals surface area contributed by atoms with E-state index in [9.17, 15) is 10.2 Å². The van der Waals surface area contributed by atoms with E-state index in [4.69, 9.17) is 19.7 Å². The van der Waals surface area contributed by atoms with Gasteiger partial charge in [0.1, 0.15) is 0 Å². The quantitative estimate of drug-likeness (QED) is 0.0635. The second-order valence-electron chi connectivity index (χ2n) is 15.4. The molecule has 0 atom stereocenters. The van der Waals surface area contributed by atoms with Gasteiger partial charge < -0.3 is 35.4 Å². The predicted molar refractivity (Wildman–Crippen MR) is 202 cm³/mol. The number of nitrogens with zero attached hydrogens (tertiary/aromatic N) is 5. The van der Waals surface area contributed by atoms with Crippen LogP contribution < -0.4 is 20.4 Å². The van der Waals surface area contributed by atoms with Crippen LogP contribution in [0.3, 0.4) is 0 Å². The standard InChI is InChI=1S/C38H75N7O3/c1-7-8-9-10-11-12-13-14-15-16-17-18-19-20-21-22-24-39-34-40-35(44(26-28-46)27-29-47)42-36(41-34)45(25-23-30-48-6)33-31-37(2,3)43-38(4,5)32-33/h33,43,46-47H,7-32H2,1-6H3,(H,39,40,41,42). The lowest BCUT2D eigenvalue weighted by atomic mass is 9.79. The van der Waals surface area contributed by atoms with E-state index < -0.39 is 0 Å². The molecule has 0 bridgehead atoms. The van der Waals surface area contributed by atoms with Crippen LogP contribution in [0.1, 0.15) is 157 Å². The first kappa shape index (κ1) is 42.4. The van der Waals surface area contributed by atoms with E-state index in [1.54, 1.807) is 7.11 Å². The van der Waals surface area contributed by atoms with Gasteiger partial charge in [-0.05, 0) is 53.4 Å². The normalized spacial score (nSPS) is 15.9. The van der Waals surface area contributed by atoms with E-state index in [1.807, 2.05) is 4.90 Å². The Morgan fingerprint density at radius 1 is 0.688 bits per heavy atom. The number of hydrogen-bond donors (Lipinski definition) is 4. The van der Waals surface area contributed by atoms with E-state index in [0.717, 1.165) is 38.8 Å². The van der Waals surface area contributed by atoms with E-state index in [2.05, 4.69) is 50.2 Å². The molecule has 4 N–H and O–H groups in total. The first-order valence-electron chi connectivity index (χ1n) is 19.7. The summed E-state index contributed by atoms with van der Waals surface area (Å²) in [6, 6.07) is 0.237. The van der Waals surface area contributed by atoms with Gasteiger partial charge in [0, 0.05) is 57.0 Å². The molecule has 1 aliphatic rings. The van der Waals surface area contributed by atoms with Crippen molar-refractivity contribution >= 4 is 17.8 Å². The minimum atomic E-state index is -0.0444. The lowest BCUT2D eigenvalue weighted by molar-refractivity contribution is 0.154. The summed E-state index contributed by atoms with van der Waals surface area (Å²) >= 11 is 0. The summed E-state index contributed by atoms with van der Waals surface area (Å²) in [6.45, 7) is 14.2. The molecule has 1 aliphatic heterocycles. The highest BCUT2D eigenvalue weighted by Gasteiger charge is 2.40. The highest BCUT2D eigenvalue weighted by atomic mass is 16.5. The molecule has 10 nitrogen and oxygen atoms in total. The lowest BCUT2D eigenvalue weighted by Gasteiger charge is -2.49. The second kappa shape index (κ2) is 24.4. The number of rotatable bonds is 29. The van der Waals surface area contributed by atoms with Crippen molar-refractivity contribution in [2.75, 3.05) is 68.2 Å². The van der Waals surface area contributed by atoms with Crippen molar-refractivity contribution in [2.24, 2.45) is 0 Å². The summed E-state index contributed by atoms with van der Waals surface area (Å²) in [7, 11) is 1.74. The van der Waals surface area contributed by atoms with Crippen LogP contribution in [0.25, 0.3) is 0 Å². The minimum absolute atomic E-state index is 0.0318. The summed E-state index contributed by atoms with van der Waals surface area (Å²) in [5.74, 6) is 1.69. The molecule has 0 spiro atoms. The topological polar surface area (TPSA) is 119 Å². The van der Waals surface area contributed by atoms with Gasteiger partial charge in [-0.2, -0.15) is 15.0 Å². The zero-order valence-corrected chi connectivity index (χ0v) is 32.0. The minimum Gasteiger partial charge on any atom is -0.395 e. The predicted octanol–water partition coefficient (Wildman–Crippen LogP) is 7.49. The summed E-state index contributed by atoms with van der Waals surface area (Å²) in [5.41, 5.74) is -0.0637. The summed E-state index contributed by atoms with van der Waals surface area (Å²) < 4.78 is 5.42. The number of unbranched alkanes of at least 4 members (excludes halogenated alkanes) is 15. The zero-order chi connectivity index (χ0) is 35.1. The molecule has 0 radical (unpaired) electrons. The third-order valence-corrected chi connectivity index (χ3v) is 9.56. The third-order valence-electron chi connectivity index (χ3n) is 9.56. The van der Waals surface area contributed by atoms with Gasteiger partial charge in [-0.3, -0.25) is 0 Å². The molecule has 1 fully saturated rings. The number of nitrogens with one attached hydrogen (secondary N) is 2. The molecule has 2 rings (SSSR count). The highest BCUT2D eigenvalue weighted by molar-refractivity contribution is 5.46. The molecule has 2 heterocycles. The number of piperidine rings is 1. The molecule has 1 saturated heterocycles. The van der Waals surface area contributed by atoms with Gasteiger partial charge in [0.05, 0.1) is 13.2 Å². The molecule has 1 aromatic heterocycles. The molecular formula is C38H75N7O3. The monoisotopic (exact) mass is 678 g/mol. The van der Waals surface area contributed by atoms with Crippen LogP contribution in [0.5, 0.6) is 0 Å². The number of ether oxygens (including phenoxy) is 1. The maximum Gasteiger partial charge on any atom is 0.232 e. The first-order valence-corrected chi connectivity index (χ1v) is 19.7. The van der Waals surface area contributed by atoms with Gasteiger partial charge in [0.25, 0.3) is 0 Å². The maximum absolute atomic E-state index is 9.76. The largest absolute Gasteiger partial charge is 0.395 e. The Labute approximate surface area is 294 Å². The van der Waals surface area contributed by atoms with Gasteiger partial charge in [0.2, 0.25) is 17.8 Å². The molecule has 1 aromatic rings. The number of anilines is 3. The number of aliphatic hydroxyl groups excluding tert-OH is 2. The maximum atomic E-state index is 9.76. The van der Waals surface area contributed by atoms with Crippen molar-refractivity contribution in [1.82, 2.24) is 20.3 Å².